The van der Waals surface area contributed by atoms with Gasteiger partial charge >= 0.3 is 0 Å². The summed E-state index contributed by atoms with van der Waals surface area (Å²) < 4.78 is 10.6. The minimum absolute atomic E-state index is 0.0480. The Morgan fingerprint density at radius 3 is 2.21 bits per heavy atom. The molecule has 1 unspecified atom stereocenters. The molecule has 2 rings (SSSR count). The quantitative estimate of drug-likeness (QED) is 0.680. The van der Waals surface area contributed by atoms with Crippen LogP contribution < -0.4 is 14.8 Å². The molecule has 0 bridgehead atoms. The fraction of sp³-hybridized carbons (Fsp3) is 0.435. The molecule has 0 saturated heterocycles. The van der Waals surface area contributed by atoms with Crippen molar-refractivity contribution in [2.24, 2.45) is 0 Å². The highest BCUT2D eigenvalue weighted by Gasteiger charge is 2.15. The molecule has 0 saturated carbocycles. The van der Waals surface area contributed by atoms with E-state index in [1.54, 1.807) is 14.2 Å². The molecule has 152 valence electrons. The van der Waals surface area contributed by atoms with Crippen molar-refractivity contribution in [3.05, 3.63) is 59.2 Å². The largest absolute Gasteiger partial charge is 0.493 e. The number of rotatable bonds is 10. The van der Waals surface area contributed by atoms with Crippen LogP contribution in [0.15, 0.2) is 42.5 Å². The summed E-state index contributed by atoms with van der Waals surface area (Å²) in [5.41, 5.74) is 3.58. The number of carbonyl (C=O) groups is 1. The minimum atomic E-state index is 0.0480. The molecule has 28 heavy (non-hydrogen) atoms. The van der Waals surface area contributed by atoms with Crippen molar-refractivity contribution in [2.75, 3.05) is 34.9 Å². The first-order valence-electron chi connectivity index (χ1n) is 9.71. The molecule has 2 aromatic rings. The number of benzene rings is 2. The second-order valence-corrected chi connectivity index (χ2v) is 7.07. The van der Waals surface area contributed by atoms with Gasteiger partial charge in [-0.2, -0.15) is 0 Å². The molecular weight excluding hydrogens is 352 g/mol. The number of nitrogens with zero attached hydrogens (tertiary/aromatic N) is 1. The predicted octanol–water partition coefficient (Wildman–Crippen LogP) is 3.62. The number of methoxy groups -OCH3 is 2. The molecule has 5 nitrogen and oxygen atoms in total. The van der Waals surface area contributed by atoms with Crippen molar-refractivity contribution in [1.82, 2.24) is 10.2 Å². The fourth-order valence-electron chi connectivity index (χ4n) is 3.17. The number of ether oxygens (including phenoxy) is 2. The van der Waals surface area contributed by atoms with Crippen molar-refractivity contribution in [1.29, 1.82) is 0 Å². The third kappa shape index (κ3) is 5.99. The van der Waals surface area contributed by atoms with E-state index >= 15 is 0 Å². The number of hydrogen-bond donors (Lipinski definition) is 1. The Morgan fingerprint density at radius 1 is 1.00 bits per heavy atom. The van der Waals surface area contributed by atoms with Gasteiger partial charge in [0.05, 0.1) is 20.3 Å². The standard InChI is InChI=1S/C23H32N2O3/c1-6-17-7-11-19(12-8-17)20(25(2)3)16-24-23(26)14-10-18-9-13-21(27-4)22(15-18)28-5/h7-9,11-13,15,20H,6,10,14,16H2,1-5H3,(H,24,26). The lowest BCUT2D eigenvalue weighted by Crippen LogP contribution is -2.34. The van der Waals surface area contributed by atoms with Gasteiger partial charge in [0.25, 0.3) is 0 Å². The first-order chi connectivity index (χ1) is 13.5. The van der Waals surface area contributed by atoms with Gasteiger partial charge in [-0.3, -0.25) is 4.79 Å². The Labute approximate surface area is 168 Å². The summed E-state index contributed by atoms with van der Waals surface area (Å²) in [5.74, 6) is 1.43. The van der Waals surface area contributed by atoms with Gasteiger partial charge < -0.3 is 19.7 Å². The summed E-state index contributed by atoms with van der Waals surface area (Å²) in [6.45, 7) is 2.74. The van der Waals surface area contributed by atoms with Crippen molar-refractivity contribution < 1.29 is 14.3 Å². The molecule has 1 N–H and O–H groups in total. The Bertz CT molecular complexity index is 757. The third-order valence-electron chi connectivity index (χ3n) is 4.98. The van der Waals surface area contributed by atoms with Crippen LogP contribution in [0, 0.1) is 0 Å². The molecule has 1 atom stereocenters. The lowest BCUT2D eigenvalue weighted by Gasteiger charge is -2.25. The maximum absolute atomic E-state index is 12.4. The van der Waals surface area contributed by atoms with Crippen LogP contribution in [-0.4, -0.2) is 45.7 Å². The van der Waals surface area contributed by atoms with E-state index in [0.29, 0.717) is 30.9 Å². The zero-order valence-corrected chi connectivity index (χ0v) is 17.6. The van der Waals surface area contributed by atoms with Gasteiger partial charge in [0.15, 0.2) is 11.5 Å². The van der Waals surface area contributed by atoms with Crippen molar-refractivity contribution in [2.45, 2.75) is 32.2 Å². The molecule has 1 amide bonds. The molecule has 0 heterocycles. The average molecular weight is 385 g/mol. The number of carbonyl (C=O) groups excluding carboxylic acids is 1. The van der Waals surface area contributed by atoms with E-state index in [0.717, 1.165) is 12.0 Å². The maximum atomic E-state index is 12.4. The van der Waals surface area contributed by atoms with Gasteiger partial charge in [-0.15, -0.1) is 0 Å². The second-order valence-electron chi connectivity index (χ2n) is 7.07. The van der Waals surface area contributed by atoms with Crippen molar-refractivity contribution in [3.63, 3.8) is 0 Å². The molecule has 2 aromatic carbocycles. The number of amides is 1. The van der Waals surface area contributed by atoms with Crippen LogP contribution in [0.25, 0.3) is 0 Å². The zero-order chi connectivity index (χ0) is 20.5. The molecule has 5 heteroatoms. The molecule has 0 aliphatic rings. The summed E-state index contributed by atoms with van der Waals surface area (Å²) in [6, 6.07) is 14.5. The highest BCUT2D eigenvalue weighted by molar-refractivity contribution is 5.76. The summed E-state index contributed by atoms with van der Waals surface area (Å²) in [4.78, 5) is 14.5. The first kappa shape index (κ1) is 21.8. The molecule has 0 spiro atoms. The zero-order valence-electron chi connectivity index (χ0n) is 17.6. The van der Waals surface area contributed by atoms with Gasteiger partial charge in [0.1, 0.15) is 0 Å². The first-order valence-corrected chi connectivity index (χ1v) is 9.71. The van der Waals surface area contributed by atoms with Gasteiger partial charge in [0.2, 0.25) is 5.91 Å². The van der Waals surface area contributed by atoms with Crippen LogP contribution in [0.5, 0.6) is 11.5 Å². The van der Waals surface area contributed by atoms with Gasteiger partial charge in [-0.1, -0.05) is 37.3 Å². The van der Waals surface area contributed by atoms with Crippen LogP contribution >= 0.6 is 0 Å². The smallest absolute Gasteiger partial charge is 0.220 e. The Kier molecular flexibility index (Phi) is 8.33. The molecule has 0 radical (unpaired) electrons. The van der Waals surface area contributed by atoms with E-state index in [1.807, 2.05) is 32.3 Å². The lowest BCUT2D eigenvalue weighted by atomic mass is 10.0. The van der Waals surface area contributed by atoms with Gasteiger partial charge in [-0.05, 0) is 55.8 Å². The monoisotopic (exact) mass is 384 g/mol. The molecule has 0 aliphatic heterocycles. The highest BCUT2D eigenvalue weighted by Crippen LogP contribution is 2.28. The Balaban J connectivity index is 1.90. The van der Waals surface area contributed by atoms with Gasteiger partial charge in [-0.25, -0.2) is 0 Å². The molecule has 0 aliphatic carbocycles. The SMILES string of the molecule is CCc1ccc(C(CNC(=O)CCc2ccc(OC)c(OC)c2)N(C)C)cc1. The second kappa shape index (κ2) is 10.7. The topological polar surface area (TPSA) is 50.8 Å². The molecular formula is C23H32N2O3. The summed E-state index contributed by atoms with van der Waals surface area (Å²) in [5, 5.41) is 3.08. The molecule has 0 fully saturated rings. The normalized spacial score (nSPS) is 11.9. The van der Waals surface area contributed by atoms with Crippen LogP contribution in [0.3, 0.4) is 0 Å². The van der Waals surface area contributed by atoms with E-state index in [2.05, 4.69) is 41.4 Å². The number of likely N-dealkylation sites (N-methyl/N-ethyl adjacent to an activating group) is 1. The minimum Gasteiger partial charge on any atom is -0.493 e. The molecule has 0 aromatic heterocycles. The van der Waals surface area contributed by atoms with Crippen molar-refractivity contribution in [3.8, 4) is 11.5 Å². The van der Waals surface area contributed by atoms with E-state index in [9.17, 15) is 4.79 Å². The Hall–Kier alpha value is -2.53. The Morgan fingerprint density at radius 2 is 1.64 bits per heavy atom. The van der Waals surface area contributed by atoms with Crippen LogP contribution in [0.2, 0.25) is 0 Å². The van der Waals surface area contributed by atoms with Crippen LogP contribution in [-0.2, 0) is 17.6 Å². The van der Waals surface area contributed by atoms with Gasteiger partial charge in [0, 0.05) is 13.0 Å². The van der Waals surface area contributed by atoms with Crippen LogP contribution in [0.1, 0.15) is 36.1 Å². The third-order valence-corrected chi connectivity index (χ3v) is 4.98. The lowest BCUT2D eigenvalue weighted by molar-refractivity contribution is -0.121. The van der Waals surface area contributed by atoms with E-state index in [-0.39, 0.29) is 11.9 Å². The summed E-state index contributed by atoms with van der Waals surface area (Å²) in [7, 11) is 7.30. The van der Waals surface area contributed by atoms with E-state index in [4.69, 9.17) is 9.47 Å². The summed E-state index contributed by atoms with van der Waals surface area (Å²) in [6.07, 6.45) is 2.12. The number of hydrogen-bond acceptors (Lipinski definition) is 4. The van der Waals surface area contributed by atoms with Crippen LogP contribution in [0.4, 0.5) is 0 Å². The summed E-state index contributed by atoms with van der Waals surface area (Å²) >= 11 is 0. The number of nitrogens with one attached hydrogen (secondary N) is 1. The van der Waals surface area contributed by atoms with E-state index < -0.39 is 0 Å². The highest BCUT2D eigenvalue weighted by atomic mass is 16.5. The maximum Gasteiger partial charge on any atom is 0.220 e. The number of aryl methyl sites for hydroxylation is 2. The fourth-order valence-corrected chi connectivity index (χ4v) is 3.17. The average Bonchev–Trinajstić information content (AvgIpc) is 2.72. The van der Waals surface area contributed by atoms with Crippen molar-refractivity contribution >= 4 is 5.91 Å². The predicted molar refractivity (Wildman–Crippen MR) is 113 cm³/mol. The van der Waals surface area contributed by atoms with E-state index in [1.165, 1.54) is 11.1 Å².